The quantitative estimate of drug-likeness (QED) is 0.142. The van der Waals surface area contributed by atoms with Crippen LogP contribution in [0.15, 0.2) is 30.5 Å². The van der Waals surface area contributed by atoms with Crippen molar-refractivity contribution in [1.29, 1.82) is 0 Å². The zero-order chi connectivity index (χ0) is 39.1. The number of amides is 4. The molecule has 3 N–H and O–H groups in total. The van der Waals surface area contributed by atoms with E-state index in [1.54, 1.807) is 30.3 Å². The molecule has 2 aromatic rings. The Morgan fingerprint density at radius 2 is 1.51 bits per heavy atom. The fraction of sp³-hybridized carbons (Fsp3) is 0.667. The van der Waals surface area contributed by atoms with Gasteiger partial charge in [0.2, 0.25) is 11.8 Å². The maximum Gasteiger partial charge on any atom is 0.418 e. The summed E-state index contributed by atoms with van der Waals surface area (Å²) in [4.78, 5) is 69.9. The number of urea groups is 1. The lowest BCUT2D eigenvalue weighted by Gasteiger charge is -2.40. The predicted octanol–water partition coefficient (Wildman–Crippen LogP) is 4.94. The molecular weight excluding hydrogens is 682 g/mol. The molecule has 0 radical (unpaired) electrons. The summed E-state index contributed by atoms with van der Waals surface area (Å²) in [6.45, 7) is 12.8. The monoisotopic (exact) mass is 743 g/mol. The molecule has 53 heavy (non-hydrogen) atoms. The van der Waals surface area contributed by atoms with Gasteiger partial charge < -0.3 is 39.8 Å². The number of unbranched alkanes of at least 4 members (excludes halogenated alkanes) is 1. The van der Waals surface area contributed by atoms with E-state index in [0.717, 1.165) is 25.7 Å². The highest BCUT2D eigenvalue weighted by atomic mass is 16.6. The van der Waals surface area contributed by atoms with Gasteiger partial charge in [-0.3, -0.25) is 14.2 Å². The number of nitrogens with one attached hydrogen (secondary N) is 3. The molecule has 0 aliphatic carbocycles. The minimum Gasteiger partial charge on any atom is -0.462 e. The van der Waals surface area contributed by atoms with E-state index in [-0.39, 0.29) is 43.2 Å². The molecule has 1 aromatic carbocycles. The summed E-state index contributed by atoms with van der Waals surface area (Å²) in [7, 11) is 2.85. The highest BCUT2D eigenvalue weighted by Gasteiger charge is 2.36. The van der Waals surface area contributed by atoms with Crippen LogP contribution in [0.4, 0.5) is 9.59 Å². The average Bonchev–Trinajstić information content (AvgIpc) is 3.47. The van der Waals surface area contributed by atoms with Crippen LogP contribution in [0.5, 0.6) is 0 Å². The van der Waals surface area contributed by atoms with Gasteiger partial charge in [0, 0.05) is 37.2 Å². The Bertz CT molecular complexity index is 1510. The van der Waals surface area contributed by atoms with E-state index in [1.165, 1.54) is 11.7 Å². The van der Waals surface area contributed by atoms with E-state index >= 15 is 0 Å². The average molecular weight is 744 g/mol. The molecule has 1 aliphatic rings. The number of hydrogen-bond acceptors (Lipinski definition) is 9. The molecule has 4 amide bonds. The summed E-state index contributed by atoms with van der Waals surface area (Å²) in [6, 6.07) is 3.74. The Kier molecular flexibility index (Phi) is 17.1. The second-order valence-corrected chi connectivity index (χ2v) is 15.1. The Balaban J connectivity index is 1.94. The van der Waals surface area contributed by atoms with Gasteiger partial charge in [0.15, 0.2) is 0 Å². The van der Waals surface area contributed by atoms with Gasteiger partial charge in [0.25, 0.3) is 0 Å². The number of methoxy groups -OCH3 is 2. The molecule has 5 unspecified atom stereocenters. The molecule has 2 heterocycles. The van der Waals surface area contributed by atoms with E-state index in [0.29, 0.717) is 48.9 Å². The molecular formula is C39H61N5O9. The third-order valence-electron chi connectivity index (χ3n) is 9.43. The van der Waals surface area contributed by atoms with Crippen LogP contribution in [0.25, 0.3) is 10.9 Å². The Labute approximate surface area is 314 Å². The Morgan fingerprint density at radius 3 is 2.15 bits per heavy atom. The van der Waals surface area contributed by atoms with Crippen LogP contribution in [-0.2, 0) is 39.8 Å². The normalized spacial score (nSPS) is 17.8. The standard InChI is InChI=1S/C39H61N5O9/c1-9-10-17-30(36(47)53-22-21-52-20-19-50-7)40-34(45)31(23-28-25-43(38(49)51-8)33-18-12-11-16-29(28)33)41-35(46)32(24-39(4,5)6)42-37(48)44-26(2)14-13-15-27(44)3/h11-12,16,18,25-27,30-32H,9-10,13-15,17,19-24H2,1-8H3,(H,40,45)(H,41,46)(H,42,48). The van der Waals surface area contributed by atoms with Crippen molar-refractivity contribution >= 4 is 40.8 Å². The number of esters is 1. The summed E-state index contributed by atoms with van der Waals surface area (Å²) in [6.07, 6.45) is 5.75. The number of ether oxygens (including phenoxy) is 4. The van der Waals surface area contributed by atoms with Crippen LogP contribution in [0.1, 0.15) is 92.1 Å². The lowest BCUT2D eigenvalue weighted by atomic mass is 9.87. The van der Waals surface area contributed by atoms with Gasteiger partial charge in [-0.15, -0.1) is 0 Å². The van der Waals surface area contributed by atoms with Crippen LogP contribution < -0.4 is 16.0 Å². The summed E-state index contributed by atoms with van der Waals surface area (Å²) >= 11 is 0. The van der Waals surface area contributed by atoms with Crippen LogP contribution in [0, 0.1) is 5.41 Å². The van der Waals surface area contributed by atoms with E-state index in [1.807, 2.05) is 53.7 Å². The van der Waals surface area contributed by atoms with E-state index in [9.17, 15) is 24.0 Å². The van der Waals surface area contributed by atoms with Gasteiger partial charge in [0.05, 0.1) is 32.4 Å². The van der Waals surface area contributed by atoms with Gasteiger partial charge >= 0.3 is 18.1 Å². The SMILES string of the molecule is CCCCC(NC(=O)C(Cc1cn(C(=O)OC)c2ccccc12)NC(=O)C(CC(C)(C)C)NC(=O)N1C(C)CCCC1C)C(=O)OCCOCCOC. The first-order valence-electron chi connectivity index (χ1n) is 18.8. The van der Waals surface area contributed by atoms with Gasteiger partial charge in [-0.1, -0.05) is 58.7 Å². The first-order chi connectivity index (χ1) is 25.2. The molecule has 5 atom stereocenters. The van der Waals surface area contributed by atoms with Gasteiger partial charge in [-0.05, 0) is 63.0 Å². The molecule has 296 valence electrons. The van der Waals surface area contributed by atoms with Gasteiger partial charge in [-0.25, -0.2) is 14.4 Å². The largest absolute Gasteiger partial charge is 0.462 e. The van der Waals surface area contributed by atoms with E-state index in [4.69, 9.17) is 18.9 Å². The third-order valence-corrected chi connectivity index (χ3v) is 9.43. The summed E-state index contributed by atoms with van der Waals surface area (Å²) < 4.78 is 22.2. The number of benzene rings is 1. The second kappa shape index (κ2) is 20.9. The van der Waals surface area contributed by atoms with Crippen molar-refractivity contribution in [1.82, 2.24) is 25.4 Å². The zero-order valence-electron chi connectivity index (χ0n) is 32.8. The van der Waals surface area contributed by atoms with Crippen molar-refractivity contribution in [2.45, 2.75) is 123 Å². The molecule has 0 spiro atoms. The number of hydrogen-bond donors (Lipinski definition) is 3. The predicted molar refractivity (Wildman–Crippen MR) is 201 cm³/mol. The minimum atomic E-state index is -1.19. The molecule has 1 aliphatic heterocycles. The minimum absolute atomic E-state index is 0.00330. The topological polar surface area (TPSA) is 167 Å². The molecule has 3 rings (SSSR count). The fourth-order valence-electron chi connectivity index (χ4n) is 6.71. The van der Waals surface area contributed by atoms with Crippen molar-refractivity contribution in [3.8, 4) is 0 Å². The zero-order valence-corrected chi connectivity index (χ0v) is 32.8. The number of carbonyl (C=O) groups excluding carboxylic acids is 5. The van der Waals surface area contributed by atoms with Gasteiger partial charge in [0.1, 0.15) is 24.7 Å². The summed E-state index contributed by atoms with van der Waals surface area (Å²) in [5.74, 6) is -1.76. The lowest BCUT2D eigenvalue weighted by Crippen LogP contribution is -2.60. The number of rotatable bonds is 18. The molecule has 1 fully saturated rings. The smallest absolute Gasteiger partial charge is 0.418 e. The number of para-hydroxylation sites is 1. The van der Waals surface area contributed by atoms with Crippen LogP contribution in [0.3, 0.4) is 0 Å². The van der Waals surface area contributed by atoms with Gasteiger partial charge in [-0.2, -0.15) is 0 Å². The second-order valence-electron chi connectivity index (χ2n) is 15.1. The highest BCUT2D eigenvalue weighted by molar-refractivity contribution is 5.95. The fourth-order valence-corrected chi connectivity index (χ4v) is 6.71. The Morgan fingerprint density at radius 1 is 0.868 bits per heavy atom. The molecule has 1 aromatic heterocycles. The molecule has 1 saturated heterocycles. The van der Waals surface area contributed by atoms with Crippen molar-refractivity contribution in [3.05, 3.63) is 36.0 Å². The molecule has 0 bridgehead atoms. The van der Waals surface area contributed by atoms with Crippen LogP contribution in [0.2, 0.25) is 0 Å². The van der Waals surface area contributed by atoms with Crippen molar-refractivity contribution in [2.24, 2.45) is 5.41 Å². The van der Waals surface area contributed by atoms with Crippen molar-refractivity contribution < 1.29 is 42.9 Å². The maximum absolute atomic E-state index is 14.3. The van der Waals surface area contributed by atoms with E-state index < -0.39 is 42.0 Å². The number of likely N-dealkylation sites (tertiary alicyclic amines) is 1. The number of nitrogens with zero attached hydrogens (tertiary/aromatic N) is 2. The number of fused-ring (bicyclic) bond motifs is 1. The van der Waals surface area contributed by atoms with Crippen LogP contribution in [-0.4, -0.2) is 110 Å². The van der Waals surface area contributed by atoms with Crippen molar-refractivity contribution in [3.63, 3.8) is 0 Å². The Hall–Kier alpha value is -4.17. The number of piperidine rings is 1. The van der Waals surface area contributed by atoms with Crippen molar-refractivity contribution in [2.75, 3.05) is 40.6 Å². The lowest BCUT2D eigenvalue weighted by molar-refractivity contribution is -0.150. The molecule has 0 saturated carbocycles. The van der Waals surface area contributed by atoms with Crippen LogP contribution >= 0.6 is 0 Å². The summed E-state index contributed by atoms with van der Waals surface area (Å²) in [5, 5.41) is 9.42. The first kappa shape index (κ1) is 43.2. The summed E-state index contributed by atoms with van der Waals surface area (Å²) in [5.41, 5.74) is 0.807. The third kappa shape index (κ3) is 13.0. The molecule has 14 nitrogen and oxygen atoms in total. The first-order valence-corrected chi connectivity index (χ1v) is 18.8. The van der Waals surface area contributed by atoms with E-state index in [2.05, 4.69) is 16.0 Å². The molecule has 14 heteroatoms. The number of aromatic nitrogens is 1. The number of carbonyl (C=O) groups is 5. The highest BCUT2D eigenvalue weighted by Crippen LogP contribution is 2.26. The maximum atomic E-state index is 14.3.